The minimum absolute atomic E-state index is 0.0335. The molecule has 0 aromatic heterocycles. The SMILES string of the molecule is CC(C)(C)OC(=O)N1[C@H]2C[C@H]3[C@H](NC(=O)[C@@H]31)[C@H]2N. The average Bonchev–Trinajstić information content (AvgIpc) is 2.78. The first-order valence-electron chi connectivity index (χ1n) is 6.37. The molecule has 5 atom stereocenters. The lowest BCUT2D eigenvalue weighted by Gasteiger charge is -2.35. The fraction of sp³-hybridized carbons (Fsp3) is 0.833. The van der Waals surface area contributed by atoms with E-state index in [-0.39, 0.29) is 36.0 Å². The minimum atomic E-state index is -0.558. The van der Waals surface area contributed by atoms with Crippen molar-refractivity contribution in [3.63, 3.8) is 0 Å². The number of likely N-dealkylation sites (tertiary alicyclic amines) is 1. The molecule has 0 aromatic carbocycles. The summed E-state index contributed by atoms with van der Waals surface area (Å²) < 4.78 is 5.37. The van der Waals surface area contributed by atoms with Crippen molar-refractivity contribution in [3.05, 3.63) is 0 Å². The highest BCUT2D eigenvalue weighted by Gasteiger charge is 2.64. The Bertz CT molecular complexity index is 417. The van der Waals surface area contributed by atoms with Gasteiger partial charge in [-0.1, -0.05) is 0 Å². The number of amides is 2. The Morgan fingerprint density at radius 1 is 1.50 bits per heavy atom. The molecule has 1 saturated carbocycles. The molecule has 6 nitrogen and oxygen atoms in total. The van der Waals surface area contributed by atoms with E-state index >= 15 is 0 Å². The summed E-state index contributed by atoms with van der Waals surface area (Å²) in [6.07, 6.45) is 0.375. The van der Waals surface area contributed by atoms with Gasteiger partial charge in [0.25, 0.3) is 0 Å². The highest BCUT2D eigenvalue weighted by molar-refractivity contribution is 5.90. The average molecular weight is 253 g/mol. The number of carbonyl (C=O) groups excluding carboxylic acids is 2. The molecule has 0 radical (unpaired) electrons. The van der Waals surface area contributed by atoms with Gasteiger partial charge in [-0.2, -0.15) is 0 Å². The maximum atomic E-state index is 12.2. The molecule has 0 unspecified atom stereocenters. The maximum absolute atomic E-state index is 12.2. The fourth-order valence-electron chi connectivity index (χ4n) is 3.48. The normalized spacial score (nSPS) is 41.2. The van der Waals surface area contributed by atoms with Crippen molar-refractivity contribution in [3.8, 4) is 0 Å². The van der Waals surface area contributed by atoms with E-state index < -0.39 is 11.7 Å². The van der Waals surface area contributed by atoms with Crippen LogP contribution in [0.3, 0.4) is 0 Å². The number of hydrogen-bond donors (Lipinski definition) is 2. The lowest BCUT2D eigenvalue weighted by Crippen LogP contribution is -2.57. The molecule has 2 aliphatic heterocycles. The molecule has 0 spiro atoms. The molecule has 3 aliphatic rings. The molecule has 3 fully saturated rings. The zero-order chi connectivity index (χ0) is 13.2. The Morgan fingerprint density at radius 3 is 2.78 bits per heavy atom. The smallest absolute Gasteiger partial charge is 0.411 e. The largest absolute Gasteiger partial charge is 0.444 e. The van der Waals surface area contributed by atoms with Crippen LogP contribution in [0.1, 0.15) is 27.2 Å². The van der Waals surface area contributed by atoms with Crippen LogP contribution in [-0.4, -0.2) is 46.7 Å². The molecule has 3 rings (SSSR count). The molecule has 2 saturated heterocycles. The van der Waals surface area contributed by atoms with Gasteiger partial charge in [0, 0.05) is 12.0 Å². The zero-order valence-corrected chi connectivity index (χ0v) is 10.8. The standard InChI is InChI=1S/C12H19N3O3/c1-12(2,3)18-11(17)15-6-4-5-8(7(6)13)14-10(16)9(5)15/h5-9H,4,13H2,1-3H3,(H,14,16)/t5-,6-,7-,8-,9+/m0/s1. The third-order valence-electron chi connectivity index (χ3n) is 4.08. The van der Waals surface area contributed by atoms with E-state index in [1.54, 1.807) is 4.90 Å². The van der Waals surface area contributed by atoms with E-state index in [2.05, 4.69) is 5.32 Å². The number of nitrogens with one attached hydrogen (secondary N) is 1. The van der Waals surface area contributed by atoms with Gasteiger partial charge in [-0.25, -0.2) is 4.79 Å². The second-order valence-corrected chi connectivity index (χ2v) is 6.41. The van der Waals surface area contributed by atoms with E-state index in [0.717, 1.165) is 6.42 Å². The summed E-state index contributed by atoms with van der Waals surface area (Å²) in [5.41, 5.74) is 5.53. The quantitative estimate of drug-likeness (QED) is 0.627. The number of fused-ring (bicyclic) bond motifs is 1. The van der Waals surface area contributed by atoms with Crippen molar-refractivity contribution < 1.29 is 14.3 Å². The van der Waals surface area contributed by atoms with Crippen LogP contribution in [0.2, 0.25) is 0 Å². The van der Waals surface area contributed by atoms with E-state index in [1.165, 1.54) is 0 Å². The molecule has 2 heterocycles. The second-order valence-electron chi connectivity index (χ2n) is 6.41. The van der Waals surface area contributed by atoms with E-state index in [9.17, 15) is 9.59 Å². The first kappa shape index (κ1) is 11.8. The molecule has 3 N–H and O–H groups in total. The number of rotatable bonds is 0. The van der Waals surface area contributed by atoms with E-state index in [0.29, 0.717) is 0 Å². The summed E-state index contributed by atoms with van der Waals surface area (Å²) >= 11 is 0. The predicted octanol–water partition coefficient (Wildman–Crippen LogP) is -0.180. The summed E-state index contributed by atoms with van der Waals surface area (Å²) in [5, 5.41) is 2.89. The lowest BCUT2D eigenvalue weighted by molar-refractivity contribution is -0.123. The van der Waals surface area contributed by atoms with Crippen molar-refractivity contribution in [2.75, 3.05) is 0 Å². The first-order valence-corrected chi connectivity index (χ1v) is 6.37. The van der Waals surface area contributed by atoms with Crippen LogP contribution >= 0.6 is 0 Å². The number of nitrogens with two attached hydrogens (primary N) is 1. The Balaban J connectivity index is 1.85. The van der Waals surface area contributed by atoms with Crippen LogP contribution < -0.4 is 11.1 Å². The number of piperidine rings is 1. The summed E-state index contributed by atoms with van der Waals surface area (Å²) in [7, 11) is 0. The molecule has 6 heteroatoms. The van der Waals surface area contributed by atoms with Gasteiger partial charge in [-0.05, 0) is 27.2 Å². The summed E-state index contributed by atoms with van der Waals surface area (Å²) in [4.78, 5) is 25.7. The van der Waals surface area contributed by atoms with Crippen molar-refractivity contribution in [1.82, 2.24) is 10.2 Å². The predicted molar refractivity (Wildman–Crippen MR) is 63.7 cm³/mol. The van der Waals surface area contributed by atoms with Crippen LogP contribution in [0, 0.1) is 5.92 Å². The van der Waals surface area contributed by atoms with Crippen LogP contribution in [0.5, 0.6) is 0 Å². The molecule has 2 amide bonds. The van der Waals surface area contributed by atoms with Crippen LogP contribution in [0.25, 0.3) is 0 Å². The molecule has 2 bridgehead atoms. The van der Waals surface area contributed by atoms with Crippen LogP contribution in [0.15, 0.2) is 0 Å². The number of nitrogens with zero attached hydrogens (tertiary/aromatic N) is 1. The molecular formula is C12H19N3O3. The van der Waals surface area contributed by atoms with E-state index in [1.807, 2.05) is 20.8 Å². The van der Waals surface area contributed by atoms with Gasteiger partial charge < -0.3 is 15.8 Å². The van der Waals surface area contributed by atoms with E-state index in [4.69, 9.17) is 10.5 Å². The van der Waals surface area contributed by atoms with Gasteiger partial charge >= 0.3 is 6.09 Å². The number of carbonyl (C=O) groups is 2. The van der Waals surface area contributed by atoms with Gasteiger partial charge in [-0.15, -0.1) is 0 Å². The van der Waals surface area contributed by atoms with Gasteiger partial charge in [0.1, 0.15) is 11.6 Å². The van der Waals surface area contributed by atoms with Gasteiger partial charge in [-0.3, -0.25) is 9.69 Å². The first-order chi connectivity index (χ1) is 8.29. The third kappa shape index (κ3) is 1.44. The Kier molecular flexibility index (Phi) is 2.21. The summed E-state index contributed by atoms with van der Waals surface area (Å²) in [5.74, 6) is 0.0660. The van der Waals surface area contributed by atoms with Crippen LogP contribution in [-0.2, 0) is 9.53 Å². The van der Waals surface area contributed by atoms with Crippen molar-refractivity contribution in [1.29, 1.82) is 0 Å². The van der Waals surface area contributed by atoms with Crippen molar-refractivity contribution >= 4 is 12.0 Å². The molecule has 100 valence electrons. The Morgan fingerprint density at radius 2 is 2.17 bits per heavy atom. The summed E-state index contributed by atoms with van der Waals surface area (Å²) in [6.45, 7) is 5.45. The highest BCUT2D eigenvalue weighted by atomic mass is 16.6. The van der Waals surface area contributed by atoms with Crippen molar-refractivity contribution in [2.45, 2.75) is 57.0 Å². The molecular weight excluding hydrogens is 234 g/mol. The molecule has 1 aliphatic carbocycles. The van der Waals surface area contributed by atoms with Gasteiger partial charge in [0.15, 0.2) is 0 Å². The fourth-order valence-corrected chi connectivity index (χ4v) is 3.48. The monoisotopic (exact) mass is 253 g/mol. The second kappa shape index (κ2) is 3.38. The van der Waals surface area contributed by atoms with Crippen molar-refractivity contribution in [2.24, 2.45) is 11.7 Å². The number of hydrogen-bond acceptors (Lipinski definition) is 4. The Labute approximate surface area is 106 Å². The summed E-state index contributed by atoms with van der Waals surface area (Å²) in [6, 6.07) is -0.593. The Hall–Kier alpha value is -1.30. The van der Waals surface area contributed by atoms with Crippen LogP contribution in [0.4, 0.5) is 4.79 Å². The maximum Gasteiger partial charge on any atom is 0.411 e. The zero-order valence-electron chi connectivity index (χ0n) is 10.8. The topological polar surface area (TPSA) is 84.7 Å². The lowest BCUT2D eigenvalue weighted by atomic mass is 9.97. The molecule has 0 aromatic rings. The number of ether oxygens (including phenoxy) is 1. The third-order valence-corrected chi connectivity index (χ3v) is 4.08. The van der Waals surface area contributed by atoms with Gasteiger partial charge in [0.2, 0.25) is 5.91 Å². The highest BCUT2D eigenvalue weighted by Crippen LogP contribution is 2.46. The van der Waals surface area contributed by atoms with Gasteiger partial charge in [0.05, 0.1) is 12.1 Å². The minimum Gasteiger partial charge on any atom is -0.444 e. The molecule has 18 heavy (non-hydrogen) atoms.